The molecule has 9 aromatic carbocycles. The Bertz CT molecular complexity index is 3610. The van der Waals surface area contributed by atoms with Crippen molar-refractivity contribution in [2.75, 3.05) is 4.90 Å². The molecule has 0 bridgehead atoms. The second kappa shape index (κ2) is 12.4. The normalized spacial score (nSPS) is 12.9. The van der Waals surface area contributed by atoms with E-state index < -0.39 is 0 Å². The van der Waals surface area contributed by atoms with Crippen molar-refractivity contribution in [3.05, 3.63) is 199 Å². The number of furan rings is 1. The highest BCUT2D eigenvalue weighted by Crippen LogP contribution is 2.48. The molecule has 0 saturated carbocycles. The molecule has 0 atom stereocenters. The van der Waals surface area contributed by atoms with E-state index >= 15 is 0 Å². The first kappa shape index (κ1) is 32.5. The lowest BCUT2D eigenvalue weighted by molar-refractivity contribution is 0.669. The van der Waals surface area contributed by atoms with E-state index in [9.17, 15) is 0 Å². The Labute approximate surface area is 340 Å². The lowest BCUT2D eigenvalue weighted by Gasteiger charge is -2.27. The minimum Gasteiger partial charge on any atom is -0.454 e. The van der Waals surface area contributed by atoms with Gasteiger partial charge in [0.1, 0.15) is 5.58 Å². The molecule has 3 heteroatoms. The highest BCUT2D eigenvalue weighted by Gasteiger charge is 2.26. The first-order chi connectivity index (χ1) is 29.3. The van der Waals surface area contributed by atoms with Crippen LogP contribution in [0.25, 0.3) is 99.0 Å². The number of para-hydroxylation sites is 3. The number of fused-ring (bicyclic) bond motifs is 13. The van der Waals surface area contributed by atoms with Crippen LogP contribution in [0.1, 0.15) is 17.7 Å². The monoisotopic (exact) mass is 752 g/mol. The van der Waals surface area contributed by atoms with Gasteiger partial charge in [-0.3, -0.25) is 0 Å². The molecule has 0 unspecified atom stereocenters. The average molecular weight is 753 g/mol. The third-order valence-electron chi connectivity index (χ3n) is 12.7. The van der Waals surface area contributed by atoms with E-state index in [1.807, 2.05) is 0 Å². The fourth-order valence-electron chi connectivity index (χ4n) is 10.1. The average Bonchev–Trinajstić information content (AvgIpc) is 3.97. The van der Waals surface area contributed by atoms with Crippen molar-refractivity contribution in [1.82, 2.24) is 4.40 Å². The minimum absolute atomic E-state index is 0.865. The fourth-order valence-corrected chi connectivity index (χ4v) is 10.1. The predicted molar refractivity (Wildman–Crippen MR) is 249 cm³/mol. The molecule has 0 spiro atoms. The number of benzene rings is 9. The zero-order chi connectivity index (χ0) is 38.6. The third kappa shape index (κ3) is 4.76. The van der Waals surface area contributed by atoms with Crippen LogP contribution in [0.5, 0.6) is 0 Å². The standard InChI is InChI=1S/C56H36N2O/c1-3-14-35(15-4-1)39-30-40(36-16-5-2-6-17-36)32-42(31-39)57(51-24-13-21-45-44-19-9-12-25-52(44)59-56(45)51)41-29-28-37-26-27-38-33-48-43-18-7-10-22-49(43)58-50-23-11-8-20-46(50)54(55(48)58)53(38)47(37)34-41/h1-9,11-21,23-34H,10,22H2. The van der Waals surface area contributed by atoms with Crippen LogP contribution in [-0.4, -0.2) is 4.40 Å². The Hall–Kier alpha value is -7.62. The van der Waals surface area contributed by atoms with Gasteiger partial charge in [0.2, 0.25) is 0 Å². The van der Waals surface area contributed by atoms with Gasteiger partial charge in [0.05, 0.1) is 16.7 Å². The van der Waals surface area contributed by atoms with Crippen LogP contribution in [0.15, 0.2) is 192 Å². The Kier molecular flexibility index (Phi) is 6.84. The van der Waals surface area contributed by atoms with Crippen molar-refractivity contribution in [1.29, 1.82) is 0 Å². The third-order valence-corrected chi connectivity index (χ3v) is 12.7. The van der Waals surface area contributed by atoms with Crippen LogP contribution in [0.3, 0.4) is 0 Å². The van der Waals surface area contributed by atoms with E-state index in [0.717, 1.165) is 63.0 Å². The van der Waals surface area contributed by atoms with Gasteiger partial charge in [-0.2, -0.15) is 0 Å². The highest BCUT2D eigenvalue weighted by molar-refractivity contribution is 6.32. The molecule has 0 N–H and O–H groups in total. The molecule has 3 nitrogen and oxygen atoms in total. The minimum atomic E-state index is 0.865. The molecule has 276 valence electrons. The van der Waals surface area contributed by atoms with Crippen molar-refractivity contribution in [3.8, 4) is 22.3 Å². The van der Waals surface area contributed by atoms with Gasteiger partial charge in [-0.25, -0.2) is 0 Å². The van der Waals surface area contributed by atoms with Crippen LogP contribution in [0.4, 0.5) is 17.1 Å². The Morgan fingerprint density at radius 2 is 1.17 bits per heavy atom. The Morgan fingerprint density at radius 1 is 0.475 bits per heavy atom. The number of aromatic nitrogens is 1. The summed E-state index contributed by atoms with van der Waals surface area (Å²) in [7, 11) is 0. The van der Waals surface area contributed by atoms with Crippen LogP contribution in [0.2, 0.25) is 0 Å². The zero-order valence-corrected chi connectivity index (χ0v) is 32.2. The highest BCUT2D eigenvalue weighted by atomic mass is 16.3. The summed E-state index contributed by atoms with van der Waals surface area (Å²) in [6.45, 7) is 0. The molecule has 0 aliphatic heterocycles. The second-order valence-corrected chi connectivity index (χ2v) is 16.0. The summed E-state index contributed by atoms with van der Waals surface area (Å²) in [5.41, 5.74) is 14.9. The molecule has 1 aliphatic carbocycles. The number of hydrogen-bond acceptors (Lipinski definition) is 2. The largest absolute Gasteiger partial charge is 0.454 e. The van der Waals surface area contributed by atoms with Crippen molar-refractivity contribution in [2.45, 2.75) is 12.8 Å². The van der Waals surface area contributed by atoms with Crippen molar-refractivity contribution >= 4 is 93.8 Å². The van der Waals surface area contributed by atoms with E-state index in [-0.39, 0.29) is 0 Å². The maximum atomic E-state index is 6.82. The first-order valence-electron chi connectivity index (χ1n) is 20.6. The molecule has 13 rings (SSSR count). The van der Waals surface area contributed by atoms with Gasteiger partial charge in [0.15, 0.2) is 5.58 Å². The Morgan fingerprint density at radius 3 is 1.98 bits per heavy atom. The summed E-state index contributed by atoms with van der Waals surface area (Å²) in [4.78, 5) is 2.42. The van der Waals surface area contributed by atoms with Crippen LogP contribution in [0, 0.1) is 0 Å². The molecule has 59 heavy (non-hydrogen) atoms. The lowest BCUT2D eigenvalue weighted by atomic mass is 9.93. The molecule has 0 amide bonds. The van der Waals surface area contributed by atoms with Crippen LogP contribution >= 0.6 is 0 Å². The SMILES string of the molecule is C1=Cc2c(n3c4ccccc4c4c5c(ccc6ccc(N(c7cc(-c8ccccc8)cc(-c8ccccc8)c7)c7cccc8c7oc7ccccc78)cc65)cc2c43)CC1. The number of rotatable bonds is 5. The molecule has 0 radical (unpaired) electrons. The van der Waals surface area contributed by atoms with Gasteiger partial charge < -0.3 is 13.7 Å². The summed E-state index contributed by atoms with van der Waals surface area (Å²) >= 11 is 0. The first-order valence-corrected chi connectivity index (χ1v) is 20.6. The number of hydrogen-bond donors (Lipinski definition) is 0. The lowest BCUT2D eigenvalue weighted by Crippen LogP contribution is -2.10. The molecule has 3 aromatic heterocycles. The molecule has 3 heterocycles. The molecular weight excluding hydrogens is 717 g/mol. The number of nitrogens with zero attached hydrogens (tertiary/aromatic N) is 2. The Balaban J connectivity index is 1.14. The van der Waals surface area contributed by atoms with Crippen molar-refractivity contribution < 1.29 is 4.42 Å². The summed E-state index contributed by atoms with van der Waals surface area (Å²) in [5.74, 6) is 0. The van der Waals surface area contributed by atoms with Gasteiger partial charge in [-0.1, -0.05) is 140 Å². The van der Waals surface area contributed by atoms with Gasteiger partial charge in [0, 0.05) is 49.6 Å². The van der Waals surface area contributed by atoms with Crippen LogP contribution in [-0.2, 0) is 6.42 Å². The van der Waals surface area contributed by atoms with Gasteiger partial charge in [0.25, 0.3) is 0 Å². The summed E-state index contributed by atoms with van der Waals surface area (Å²) in [6.07, 6.45) is 6.80. The summed E-state index contributed by atoms with van der Waals surface area (Å²) in [5, 5.41) is 11.2. The van der Waals surface area contributed by atoms with Gasteiger partial charge >= 0.3 is 0 Å². The van der Waals surface area contributed by atoms with Crippen molar-refractivity contribution in [3.63, 3.8) is 0 Å². The molecule has 0 fully saturated rings. The van der Waals surface area contributed by atoms with E-state index in [0.29, 0.717) is 0 Å². The number of aryl methyl sites for hydroxylation is 1. The van der Waals surface area contributed by atoms with E-state index in [2.05, 4.69) is 203 Å². The molecular formula is C56H36N2O. The summed E-state index contributed by atoms with van der Waals surface area (Å²) < 4.78 is 9.38. The number of anilines is 3. The fraction of sp³-hybridized carbons (Fsp3) is 0.0357. The quantitative estimate of drug-likeness (QED) is 0.163. The molecule has 12 aromatic rings. The predicted octanol–water partition coefficient (Wildman–Crippen LogP) is 15.7. The second-order valence-electron chi connectivity index (χ2n) is 16.0. The van der Waals surface area contributed by atoms with E-state index in [4.69, 9.17) is 4.42 Å². The van der Waals surface area contributed by atoms with E-state index in [1.165, 1.54) is 71.1 Å². The molecule has 0 saturated heterocycles. The summed E-state index contributed by atoms with van der Waals surface area (Å²) in [6, 6.07) is 66.4. The maximum Gasteiger partial charge on any atom is 0.159 e. The molecule has 1 aliphatic rings. The topological polar surface area (TPSA) is 20.8 Å². The van der Waals surface area contributed by atoms with Gasteiger partial charge in [-0.05, 0) is 111 Å². The van der Waals surface area contributed by atoms with Crippen molar-refractivity contribution in [2.24, 2.45) is 0 Å². The maximum absolute atomic E-state index is 6.82. The number of allylic oxidation sites excluding steroid dienone is 1. The smallest absolute Gasteiger partial charge is 0.159 e. The van der Waals surface area contributed by atoms with E-state index in [1.54, 1.807) is 0 Å². The zero-order valence-electron chi connectivity index (χ0n) is 32.2. The van der Waals surface area contributed by atoms with Gasteiger partial charge in [-0.15, -0.1) is 0 Å². The van der Waals surface area contributed by atoms with Crippen LogP contribution < -0.4 is 4.90 Å².